The largest absolute Gasteiger partial charge is 0.488 e. The molecule has 0 aliphatic heterocycles. The van der Waals surface area contributed by atoms with Crippen molar-refractivity contribution in [1.29, 1.82) is 0 Å². The average molecular weight is 517 g/mol. The number of rotatable bonds is 7. The number of fused-ring (bicyclic) bond motifs is 4. The van der Waals surface area contributed by atoms with E-state index in [4.69, 9.17) is 6.42 Å². The number of nitrogens with one attached hydrogen (secondary N) is 1. The van der Waals surface area contributed by atoms with Crippen molar-refractivity contribution >= 4 is 43.3 Å². The molecule has 0 spiro atoms. The molecule has 188 valence electrons. The molecule has 37 heavy (non-hydrogen) atoms. The highest BCUT2D eigenvalue weighted by Gasteiger charge is 2.19. The van der Waals surface area contributed by atoms with Crippen molar-refractivity contribution in [3.05, 3.63) is 75.9 Å². The van der Waals surface area contributed by atoms with E-state index in [1.165, 1.54) is 12.1 Å². The maximum Gasteiger partial charge on any atom is 0.488 e. The molecule has 0 fully saturated rings. The van der Waals surface area contributed by atoms with Crippen LogP contribution in [0.15, 0.2) is 59.4 Å². The molecule has 0 saturated carbocycles. The van der Waals surface area contributed by atoms with Crippen molar-refractivity contribution in [3.63, 3.8) is 0 Å². The summed E-state index contributed by atoms with van der Waals surface area (Å²) in [6.07, 6.45) is 8.16. The predicted molar refractivity (Wildman–Crippen MR) is 146 cm³/mol. The molecule has 0 aliphatic rings. The van der Waals surface area contributed by atoms with Crippen LogP contribution in [0.5, 0.6) is 5.75 Å². The van der Waals surface area contributed by atoms with Crippen molar-refractivity contribution in [3.8, 4) is 29.2 Å². The lowest BCUT2D eigenvalue weighted by Crippen LogP contribution is -2.11. The zero-order valence-corrected chi connectivity index (χ0v) is 21.3. The Kier molecular flexibility index (Phi) is 6.26. The van der Waals surface area contributed by atoms with E-state index in [0.717, 1.165) is 52.4 Å². The molecule has 3 aromatic carbocycles. The van der Waals surface area contributed by atoms with Crippen LogP contribution in [0.4, 0.5) is 3.89 Å². The van der Waals surface area contributed by atoms with Crippen LogP contribution in [0.2, 0.25) is 0 Å². The summed E-state index contributed by atoms with van der Waals surface area (Å²) in [7, 11) is -5.16. The molecule has 0 aliphatic carbocycles. The average Bonchev–Trinajstić information content (AvgIpc) is 3.25. The van der Waals surface area contributed by atoms with Crippen LogP contribution >= 0.6 is 0 Å². The Balaban J connectivity index is 1.84. The van der Waals surface area contributed by atoms with E-state index in [-0.39, 0.29) is 11.2 Å². The molecule has 0 unspecified atom stereocenters. The van der Waals surface area contributed by atoms with Crippen LogP contribution in [0, 0.1) is 12.3 Å². The van der Waals surface area contributed by atoms with Gasteiger partial charge in [0.1, 0.15) is 11.4 Å². The van der Waals surface area contributed by atoms with Crippen LogP contribution in [0.25, 0.3) is 44.0 Å². The molecule has 0 saturated heterocycles. The minimum Gasteiger partial charge on any atom is -0.358 e. The second-order valence-electron chi connectivity index (χ2n) is 8.96. The summed E-state index contributed by atoms with van der Waals surface area (Å²) in [4.78, 5) is 17.3. The number of H-pyrrole nitrogens is 1. The molecular weight excluding hydrogens is 491 g/mol. The van der Waals surface area contributed by atoms with Crippen LogP contribution in [-0.2, 0) is 23.5 Å². The summed E-state index contributed by atoms with van der Waals surface area (Å²) >= 11 is 0. The van der Waals surface area contributed by atoms with Gasteiger partial charge in [-0.05, 0) is 72.9 Å². The fourth-order valence-corrected chi connectivity index (χ4v) is 5.33. The zero-order chi connectivity index (χ0) is 26.3. The van der Waals surface area contributed by atoms with Gasteiger partial charge in [0.05, 0.1) is 10.9 Å². The summed E-state index contributed by atoms with van der Waals surface area (Å²) in [5.74, 6) is 2.51. The Bertz CT molecular complexity index is 1900. The van der Waals surface area contributed by atoms with Gasteiger partial charge in [0.2, 0.25) is 0 Å². The lowest BCUT2D eigenvalue weighted by molar-refractivity contribution is 0.440. The fourth-order valence-electron chi connectivity index (χ4n) is 5.00. The molecular formula is C29H25FN2O4S. The molecule has 0 bridgehead atoms. The van der Waals surface area contributed by atoms with Crippen molar-refractivity contribution in [1.82, 2.24) is 9.55 Å². The van der Waals surface area contributed by atoms with Gasteiger partial charge in [0, 0.05) is 28.4 Å². The lowest BCUT2D eigenvalue weighted by atomic mass is 9.93. The molecule has 0 atom stereocenters. The smallest absolute Gasteiger partial charge is 0.358 e. The number of pyridine rings is 1. The lowest BCUT2D eigenvalue weighted by Gasteiger charge is -2.16. The fraction of sp³-hybridized carbons (Fsp3) is 0.207. The van der Waals surface area contributed by atoms with Gasteiger partial charge in [-0.1, -0.05) is 41.3 Å². The normalized spacial score (nSPS) is 11.8. The maximum absolute atomic E-state index is 13.9. The Hall–Kier alpha value is -4.09. The third-order valence-electron chi connectivity index (χ3n) is 6.66. The number of terminal acetylenes is 1. The number of benzene rings is 3. The van der Waals surface area contributed by atoms with Gasteiger partial charge in [0.15, 0.2) is 5.43 Å². The number of hydrogen-bond acceptors (Lipinski definition) is 4. The number of aromatic amines is 1. The maximum atomic E-state index is 13.9. The molecule has 8 heteroatoms. The molecule has 5 aromatic rings. The van der Waals surface area contributed by atoms with Crippen molar-refractivity contribution < 1.29 is 16.5 Å². The first kappa shape index (κ1) is 24.6. The first-order valence-corrected chi connectivity index (χ1v) is 13.4. The van der Waals surface area contributed by atoms with Gasteiger partial charge in [-0.15, -0.1) is 6.42 Å². The predicted octanol–water partition coefficient (Wildman–Crippen LogP) is 6.24. The number of hydrogen-bond donors (Lipinski definition) is 1. The standard InChI is InChI=1S/C29H25FN2O4S/c1-4-7-9-20-16-24-26(17-23(20)19-10-8-11-21(15-19)36-37(30,34)35)32(6-3)29-27(28(24)33)22-13-12-18(5-2)14-25(22)31-29/h2,8,10-17,31H,4,6-7,9H2,1,3H3. The summed E-state index contributed by atoms with van der Waals surface area (Å²) in [6, 6.07) is 15.8. The number of unbranched alkanes of at least 4 members (excludes halogenated alkanes) is 1. The van der Waals surface area contributed by atoms with Crippen LogP contribution in [0.1, 0.15) is 37.8 Å². The van der Waals surface area contributed by atoms with Gasteiger partial charge < -0.3 is 13.7 Å². The molecule has 2 heterocycles. The zero-order valence-electron chi connectivity index (χ0n) is 20.5. The first-order chi connectivity index (χ1) is 17.7. The summed E-state index contributed by atoms with van der Waals surface area (Å²) in [5.41, 5.74) is 5.33. The van der Waals surface area contributed by atoms with E-state index in [9.17, 15) is 17.1 Å². The second-order valence-corrected chi connectivity index (χ2v) is 9.91. The Morgan fingerprint density at radius 1 is 1.08 bits per heavy atom. The van der Waals surface area contributed by atoms with Gasteiger partial charge in [0.25, 0.3) is 0 Å². The molecule has 5 rings (SSSR count). The Labute approximate surface area is 214 Å². The minimum atomic E-state index is -5.16. The monoisotopic (exact) mass is 516 g/mol. The first-order valence-electron chi connectivity index (χ1n) is 12.1. The number of nitrogens with zero attached hydrogens (tertiary/aromatic N) is 1. The van der Waals surface area contributed by atoms with Crippen LogP contribution in [-0.4, -0.2) is 18.0 Å². The van der Waals surface area contributed by atoms with Gasteiger partial charge in [-0.3, -0.25) is 4.79 Å². The third kappa shape index (κ3) is 4.47. The number of aromatic nitrogens is 2. The van der Waals surface area contributed by atoms with Crippen molar-refractivity contribution in [2.24, 2.45) is 0 Å². The van der Waals surface area contributed by atoms with Crippen LogP contribution < -0.4 is 9.61 Å². The van der Waals surface area contributed by atoms with Gasteiger partial charge >= 0.3 is 10.5 Å². The highest BCUT2D eigenvalue weighted by Crippen LogP contribution is 2.34. The highest BCUT2D eigenvalue weighted by atomic mass is 32.3. The number of halogens is 1. The van der Waals surface area contributed by atoms with Crippen molar-refractivity contribution in [2.45, 2.75) is 39.7 Å². The van der Waals surface area contributed by atoms with E-state index in [1.807, 2.05) is 43.3 Å². The van der Waals surface area contributed by atoms with Crippen molar-refractivity contribution in [2.75, 3.05) is 0 Å². The SMILES string of the molecule is C#Cc1ccc2c(c1)[nH]c1c2c(=O)c2cc(CCCC)c(-c3cccc(OS(=O)(=O)F)c3)cc2n1CC. The molecule has 6 nitrogen and oxygen atoms in total. The molecule has 0 amide bonds. The topological polar surface area (TPSA) is 81.2 Å². The van der Waals surface area contributed by atoms with E-state index >= 15 is 0 Å². The summed E-state index contributed by atoms with van der Waals surface area (Å²) < 4.78 is 41.8. The Morgan fingerprint density at radius 2 is 1.89 bits per heavy atom. The van der Waals surface area contributed by atoms with Gasteiger partial charge in [-0.2, -0.15) is 8.42 Å². The van der Waals surface area contributed by atoms with E-state index in [0.29, 0.717) is 28.5 Å². The van der Waals surface area contributed by atoms with E-state index < -0.39 is 10.5 Å². The quantitative estimate of drug-likeness (QED) is 0.205. The van der Waals surface area contributed by atoms with E-state index in [2.05, 4.69) is 26.6 Å². The highest BCUT2D eigenvalue weighted by molar-refractivity contribution is 7.81. The Morgan fingerprint density at radius 3 is 2.59 bits per heavy atom. The molecule has 0 radical (unpaired) electrons. The molecule has 1 N–H and O–H groups in total. The summed E-state index contributed by atoms with van der Waals surface area (Å²) in [5, 5.41) is 2.04. The second kappa shape index (κ2) is 9.41. The van der Waals surface area contributed by atoms with Crippen LogP contribution in [0.3, 0.4) is 0 Å². The molecule has 2 aromatic heterocycles. The van der Waals surface area contributed by atoms with E-state index in [1.54, 1.807) is 6.07 Å². The van der Waals surface area contributed by atoms with Gasteiger partial charge in [-0.25, -0.2) is 0 Å². The summed E-state index contributed by atoms with van der Waals surface area (Å²) in [6.45, 7) is 4.69. The number of aryl methyl sites for hydroxylation is 2. The third-order valence-corrected chi connectivity index (χ3v) is 7.05. The minimum absolute atomic E-state index is 0.0701.